The van der Waals surface area contributed by atoms with E-state index in [4.69, 9.17) is 5.11 Å². The Hall–Kier alpha value is -4.12. The van der Waals surface area contributed by atoms with E-state index in [-0.39, 0.29) is 6.04 Å². The van der Waals surface area contributed by atoms with Gasteiger partial charge in [-0.1, -0.05) is 67.6 Å². The largest absolute Gasteiger partial charge is 0.478 e. The molecule has 0 aliphatic carbocycles. The van der Waals surface area contributed by atoms with Gasteiger partial charge in [-0.05, 0) is 65.3 Å². The summed E-state index contributed by atoms with van der Waals surface area (Å²) in [7, 11) is 1.94. The van der Waals surface area contributed by atoms with Gasteiger partial charge in [0.05, 0.1) is 12.2 Å². The Balaban J connectivity index is 1.63. The molecule has 0 radical (unpaired) electrons. The Morgan fingerprint density at radius 1 is 1.08 bits per heavy atom. The quantitative estimate of drug-likeness (QED) is 0.332. The van der Waals surface area contributed by atoms with E-state index in [9.17, 15) is 4.79 Å². The molecule has 0 bridgehead atoms. The van der Waals surface area contributed by atoms with Gasteiger partial charge in [-0.25, -0.2) is 4.79 Å². The first-order valence-corrected chi connectivity index (χ1v) is 12.4. The molecule has 1 aromatic heterocycles. The first-order chi connectivity index (χ1) is 17.4. The highest BCUT2D eigenvalue weighted by Gasteiger charge is 2.34. The van der Waals surface area contributed by atoms with Crippen LogP contribution in [0.15, 0.2) is 85.2 Å². The maximum absolute atomic E-state index is 11.0. The van der Waals surface area contributed by atoms with Crippen molar-refractivity contribution in [3.8, 4) is 11.1 Å². The lowest BCUT2D eigenvalue weighted by atomic mass is 9.82. The number of carboxylic acids is 1. The second-order valence-electron chi connectivity index (χ2n) is 9.50. The molecule has 0 unspecified atom stereocenters. The van der Waals surface area contributed by atoms with Gasteiger partial charge in [0.1, 0.15) is 0 Å². The molecule has 182 valence electrons. The van der Waals surface area contributed by atoms with Crippen LogP contribution < -0.4 is 4.90 Å². The smallest absolute Gasteiger partial charge is 0.328 e. The number of carbonyl (C=O) groups is 1. The van der Waals surface area contributed by atoms with Crippen LogP contribution in [0, 0.1) is 0 Å². The highest BCUT2D eigenvalue weighted by Crippen LogP contribution is 2.43. The molecule has 5 nitrogen and oxygen atoms in total. The summed E-state index contributed by atoms with van der Waals surface area (Å²) in [5, 5.41) is 13.3. The van der Waals surface area contributed by atoms with Gasteiger partial charge < -0.3 is 10.0 Å². The Morgan fingerprint density at radius 3 is 2.56 bits per heavy atom. The number of rotatable bonds is 6. The zero-order valence-corrected chi connectivity index (χ0v) is 20.9. The van der Waals surface area contributed by atoms with Crippen LogP contribution in [0.4, 0.5) is 5.69 Å². The first kappa shape index (κ1) is 23.6. The number of anilines is 1. The minimum Gasteiger partial charge on any atom is -0.478 e. The second-order valence-corrected chi connectivity index (χ2v) is 9.50. The third-order valence-corrected chi connectivity index (χ3v) is 7.07. The summed E-state index contributed by atoms with van der Waals surface area (Å²) in [6.07, 6.45) is 8.71. The number of aromatic nitrogens is 2. The van der Waals surface area contributed by atoms with E-state index in [1.807, 2.05) is 30.1 Å². The predicted molar refractivity (Wildman–Crippen MR) is 145 cm³/mol. The number of hydrogen-bond donors (Lipinski definition) is 1. The zero-order valence-electron chi connectivity index (χ0n) is 20.9. The Bertz CT molecular complexity index is 1420. The third-order valence-electron chi connectivity index (χ3n) is 7.07. The Morgan fingerprint density at radius 2 is 1.86 bits per heavy atom. The molecule has 1 N–H and O–H groups in total. The molecule has 5 heteroatoms. The number of aliphatic carboxylic acids is 1. The zero-order chi connectivity index (χ0) is 25.2. The molecule has 4 aromatic rings. The molecule has 2 atom stereocenters. The second kappa shape index (κ2) is 9.86. The van der Waals surface area contributed by atoms with E-state index in [0.29, 0.717) is 6.04 Å². The Labute approximate surface area is 212 Å². The molecular formula is C31H31N3O2. The normalized spacial score (nSPS) is 17.4. The van der Waals surface area contributed by atoms with Crippen LogP contribution >= 0.6 is 0 Å². The molecule has 3 aromatic carbocycles. The minimum absolute atomic E-state index is 0.0527. The minimum atomic E-state index is -0.944. The molecule has 0 spiro atoms. The van der Waals surface area contributed by atoms with Crippen molar-refractivity contribution in [2.45, 2.75) is 38.8 Å². The molecule has 0 fully saturated rings. The van der Waals surface area contributed by atoms with Crippen molar-refractivity contribution in [1.29, 1.82) is 0 Å². The van der Waals surface area contributed by atoms with Crippen LogP contribution in [0.3, 0.4) is 0 Å². The molecule has 1 aliphatic rings. The van der Waals surface area contributed by atoms with Crippen LogP contribution in [0.5, 0.6) is 0 Å². The van der Waals surface area contributed by atoms with Crippen molar-refractivity contribution in [3.63, 3.8) is 0 Å². The maximum Gasteiger partial charge on any atom is 0.328 e. The number of aryl methyl sites for hydroxylation is 2. The van der Waals surface area contributed by atoms with Crippen molar-refractivity contribution in [1.82, 2.24) is 9.78 Å². The standard InChI is InChI=1S/C31H31N3O2/c1-4-23-7-5-6-8-29(23)34-21(2)17-26-18-25(27-19-32-33(3)20-27)14-15-28(26)31(34)24-12-9-22(10-13-24)11-16-30(35)36/h5-16,18-21,31H,4,17H2,1-3H3,(H,35,36)/b16-11+/t21-,31+/m0/s1. The summed E-state index contributed by atoms with van der Waals surface area (Å²) in [5.74, 6) is -0.944. The van der Waals surface area contributed by atoms with Crippen LogP contribution in [0.25, 0.3) is 17.2 Å². The molecular weight excluding hydrogens is 446 g/mol. The van der Waals surface area contributed by atoms with Gasteiger partial charge in [0.15, 0.2) is 0 Å². The van der Waals surface area contributed by atoms with Gasteiger partial charge in [0.2, 0.25) is 0 Å². The summed E-state index contributed by atoms with van der Waals surface area (Å²) < 4.78 is 1.84. The van der Waals surface area contributed by atoms with Gasteiger partial charge in [-0.15, -0.1) is 0 Å². The lowest BCUT2D eigenvalue weighted by Crippen LogP contribution is -2.43. The SMILES string of the molecule is CCc1ccccc1N1[C@H](c2ccc(/C=C/C(=O)O)cc2)c2ccc(-c3cnn(C)c3)cc2C[C@@H]1C. The summed E-state index contributed by atoms with van der Waals surface area (Å²) >= 11 is 0. The first-order valence-electron chi connectivity index (χ1n) is 12.4. The fourth-order valence-electron chi connectivity index (χ4n) is 5.36. The van der Waals surface area contributed by atoms with Crippen molar-refractivity contribution >= 4 is 17.7 Å². The molecule has 36 heavy (non-hydrogen) atoms. The number of nitrogens with zero attached hydrogens (tertiary/aromatic N) is 3. The maximum atomic E-state index is 11.0. The van der Waals surface area contributed by atoms with E-state index >= 15 is 0 Å². The molecule has 5 rings (SSSR count). The number of carboxylic acid groups (broad SMARTS) is 1. The van der Waals surface area contributed by atoms with Crippen LogP contribution in [-0.4, -0.2) is 26.9 Å². The average molecular weight is 478 g/mol. The number of benzene rings is 3. The molecule has 0 saturated carbocycles. The molecule has 0 saturated heterocycles. The van der Waals surface area contributed by atoms with Crippen molar-refractivity contribution in [2.24, 2.45) is 7.05 Å². The fourth-order valence-corrected chi connectivity index (χ4v) is 5.36. The van der Waals surface area contributed by atoms with Gasteiger partial charge in [0, 0.05) is 36.6 Å². The van der Waals surface area contributed by atoms with Gasteiger partial charge in [-0.2, -0.15) is 5.10 Å². The van der Waals surface area contributed by atoms with E-state index in [0.717, 1.165) is 24.0 Å². The summed E-state index contributed by atoms with van der Waals surface area (Å²) in [4.78, 5) is 13.5. The monoisotopic (exact) mass is 477 g/mol. The average Bonchev–Trinajstić information content (AvgIpc) is 3.33. The lowest BCUT2D eigenvalue weighted by Gasteiger charge is -2.45. The van der Waals surface area contributed by atoms with E-state index in [1.54, 1.807) is 6.08 Å². The molecule has 1 aliphatic heterocycles. The van der Waals surface area contributed by atoms with Gasteiger partial charge in [-0.3, -0.25) is 4.68 Å². The molecule has 0 amide bonds. The van der Waals surface area contributed by atoms with Crippen molar-refractivity contribution in [3.05, 3.63) is 113 Å². The van der Waals surface area contributed by atoms with Crippen molar-refractivity contribution in [2.75, 3.05) is 4.90 Å². The van der Waals surface area contributed by atoms with E-state index in [1.165, 1.54) is 39.6 Å². The lowest BCUT2D eigenvalue weighted by molar-refractivity contribution is -0.131. The summed E-state index contributed by atoms with van der Waals surface area (Å²) in [5.41, 5.74) is 9.64. The predicted octanol–water partition coefficient (Wildman–Crippen LogP) is 6.29. The number of para-hydroxylation sites is 1. The van der Waals surface area contributed by atoms with Crippen LogP contribution in [-0.2, 0) is 24.7 Å². The Kier molecular flexibility index (Phi) is 6.47. The van der Waals surface area contributed by atoms with Crippen molar-refractivity contribution < 1.29 is 9.90 Å². The highest BCUT2D eigenvalue weighted by atomic mass is 16.4. The third kappa shape index (κ3) is 4.57. The van der Waals surface area contributed by atoms with E-state index < -0.39 is 5.97 Å². The number of fused-ring (bicyclic) bond motifs is 1. The molecule has 2 heterocycles. The van der Waals surface area contributed by atoms with Crippen LogP contribution in [0.2, 0.25) is 0 Å². The number of hydrogen-bond acceptors (Lipinski definition) is 3. The fraction of sp³-hybridized carbons (Fsp3) is 0.226. The van der Waals surface area contributed by atoms with Crippen LogP contribution in [0.1, 0.15) is 47.7 Å². The topological polar surface area (TPSA) is 58.4 Å². The summed E-state index contributed by atoms with van der Waals surface area (Å²) in [6.45, 7) is 4.52. The van der Waals surface area contributed by atoms with Gasteiger partial charge >= 0.3 is 5.97 Å². The summed E-state index contributed by atoms with van der Waals surface area (Å²) in [6, 6.07) is 24.1. The van der Waals surface area contributed by atoms with E-state index in [2.05, 4.69) is 84.6 Å². The highest BCUT2D eigenvalue weighted by molar-refractivity contribution is 5.85. The van der Waals surface area contributed by atoms with Gasteiger partial charge in [0.25, 0.3) is 0 Å².